The minimum atomic E-state index is 0.290. The number of nitrogens with one attached hydrogen (secondary N) is 1. The summed E-state index contributed by atoms with van der Waals surface area (Å²) in [4.78, 5) is 0. The van der Waals surface area contributed by atoms with Crippen molar-refractivity contribution in [2.24, 2.45) is 0 Å². The minimum absolute atomic E-state index is 0.290. The molecular formula is C15H24ClNO. The summed E-state index contributed by atoms with van der Waals surface area (Å²) in [5.74, 6) is 0. The molecule has 0 aliphatic rings. The van der Waals surface area contributed by atoms with Crippen molar-refractivity contribution in [3.63, 3.8) is 0 Å². The zero-order valence-electron chi connectivity index (χ0n) is 11.6. The molecule has 0 amide bonds. The third-order valence-electron chi connectivity index (χ3n) is 2.76. The van der Waals surface area contributed by atoms with Crippen molar-refractivity contribution < 1.29 is 4.74 Å². The maximum absolute atomic E-state index is 5.93. The van der Waals surface area contributed by atoms with E-state index in [2.05, 4.69) is 26.1 Å². The van der Waals surface area contributed by atoms with Gasteiger partial charge in [0.2, 0.25) is 0 Å². The van der Waals surface area contributed by atoms with Gasteiger partial charge in [0.25, 0.3) is 0 Å². The molecule has 0 aliphatic carbocycles. The molecule has 1 aromatic rings. The molecule has 2 nitrogen and oxygen atoms in total. The molecule has 0 saturated heterocycles. The fraction of sp³-hybridized carbons (Fsp3) is 0.600. The van der Waals surface area contributed by atoms with E-state index in [1.807, 2.05) is 24.3 Å². The van der Waals surface area contributed by atoms with Gasteiger partial charge in [-0.15, -0.1) is 0 Å². The topological polar surface area (TPSA) is 21.3 Å². The van der Waals surface area contributed by atoms with Gasteiger partial charge in [-0.05, 0) is 44.0 Å². The molecule has 0 radical (unpaired) electrons. The number of hydrogen-bond acceptors (Lipinski definition) is 2. The van der Waals surface area contributed by atoms with Crippen LogP contribution in [0.1, 0.15) is 39.2 Å². The Hall–Kier alpha value is -0.570. The normalized spacial score (nSPS) is 12.9. The third kappa shape index (κ3) is 7.00. The number of halogens is 1. The van der Waals surface area contributed by atoms with E-state index in [9.17, 15) is 0 Å². The summed E-state index contributed by atoms with van der Waals surface area (Å²) in [6, 6.07) is 8.39. The lowest BCUT2D eigenvalue weighted by Crippen LogP contribution is -2.24. The van der Waals surface area contributed by atoms with Crippen LogP contribution in [0.3, 0.4) is 0 Å². The van der Waals surface area contributed by atoms with Crippen molar-refractivity contribution in [1.82, 2.24) is 5.32 Å². The summed E-state index contributed by atoms with van der Waals surface area (Å²) in [5.41, 5.74) is 1.13. The molecule has 1 atom stereocenters. The molecule has 18 heavy (non-hydrogen) atoms. The lowest BCUT2D eigenvalue weighted by molar-refractivity contribution is 0.0463. The summed E-state index contributed by atoms with van der Waals surface area (Å²) in [7, 11) is 0. The van der Waals surface area contributed by atoms with E-state index in [-0.39, 0.29) is 6.10 Å². The van der Waals surface area contributed by atoms with Gasteiger partial charge in [0.1, 0.15) is 0 Å². The average molecular weight is 270 g/mol. The molecule has 1 rings (SSSR count). The van der Waals surface area contributed by atoms with Gasteiger partial charge < -0.3 is 10.1 Å². The first kappa shape index (κ1) is 15.5. The minimum Gasteiger partial charge on any atom is -0.374 e. The van der Waals surface area contributed by atoms with Gasteiger partial charge in [-0.2, -0.15) is 0 Å². The zero-order valence-corrected chi connectivity index (χ0v) is 12.3. The molecule has 0 aromatic heterocycles. The Morgan fingerprint density at radius 3 is 2.72 bits per heavy atom. The van der Waals surface area contributed by atoms with Crippen molar-refractivity contribution in [2.75, 3.05) is 6.54 Å². The molecule has 0 fully saturated rings. The molecular weight excluding hydrogens is 246 g/mol. The Bertz CT molecular complexity index is 341. The number of rotatable bonds is 8. The highest BCUT2D eigenvalue weighted by atomic mass is 35.5. The van der Waals surface area contributed by atoms with E-state index in [1.54, 1.807) is 0 Å². The molecule has 3 heteroatoms. The van der Waals surface area contributed by atoms with E-state index in [4.69, 9.17) is 16.3 Å². The lowest BCUT2D eigenvalue weighted by atomic mass is 10.2. The fourth-order valence-electron chi connectivity index (χ4n) is 1.73. The number of ether oxygens (including phenoxy) is 1. The van der Waals surface area contributed by atoms with Gasteiger partial charge >= 0.3 is 0 Å². The Balaban J connectivity index is 2.15. The molecule has 0 saturated carbocycles. The Kier molecular flexibility index (Phi) is 7.33. The van der Waals surface area contributed by atoms with Gasteiger partial charge in [0.15, 0.2) is 0 Å². The van der Waals surface area contributed by atoms with Crippen LogP contribution in [-0.2, 0) is 11.3 Å². The van der Waals surface area contributed by atoms with E-state index in [0.29, 0.717) is 12.6 Å². The van der Waals surface area contributed by atoms with E-state index in [0.717, 1.165) is 30.0 Å². The molecule has 0 spiro atoms. The molecule has 0 heterocycles. The number of hydrogen-bond donors (Lipinski definition) is 1. The van der Waals surface area contributed by atoms with Crippen molar-refractivity contribution in [2.45, 2.75) is 52.4 Å². The predicted molar refractivity (Wildman–Crippen MR) is 78.1 cm³/mol. The fourth-order valence-corrected chi connectivity index (χ4v) is 1.94. The van der Waals surface area contributed by atoms with Gasteiger partial charge in [-0.1, -0.05) is 37.6 Å². The number of benzene rings is 1. The van der Waals surface area contributed by atoms with Crippen molar-refractivity contribution in [1.29, 1.82) is 0 Å². The highest BCUT2D eigenvalue weighted by Crippen LogP contribution is 2.13. The molecule has 1 N–H and O–H groups in total. The Morgan fingerprint density at radius 1 is 1.28 bits per heavy atom. The average Bonchev–Trinajstić information content (AvgIpc) is 2.32. The molecule has 0 aliphatic heterocycles. The quantitative estimate of drug-likeness (QED) is 0.720. The second-order valence-corrected chi connectivity index (χ2v) is 5.44. The van der Waals surface area contributed by atoms with Crippen LogP contribution in [0.2, 0.25) is 5.02 Å². The first-order chi connectivity index (χ1) is 8.58. The van der Waals surface area contributed by atoms with Crippen LogP contribution in [0.25, 0.3) is 0 Å². The van der Waals surface area contributed by atoms with E-state index in [1.165, 1.54) is 0 Å². The van der Waals surface area contributed by atoms with Gasteiger partial charge in [-0.25, -0.2) is 0 Å². The largest absolute Gasteiger partial charge is 0.374 e. The van der Waals surface area contributed by atoms with Crippen LogP contribution in [0.4, 0.5) is 0 Å². The zero-order chi connectivity index (χ0) is 13.4. The second kappa shape index (κ2) is 8.52. The summed E-state index contributed by atoms with van der Waals surface area (Å²) >= 11 is 5.93. The van der Waals surface area contributed by atoms with Crippen molar-refractivity contribution >= 4 is 11.6 Å². The van der Waals surface area contributed by atoms with Crippen LogP contribution in [0.15, 0.2) is 24.3 Å². The summed E-state index contributed by atoms with van der Waals surface area (Å²) in [6.45, 7) is 8.15. The smallest absolute Gasteiger partial charge is 0.0721 e. The summed E-state index contributed by atoms with van der Waals surface area (Å²) in [6.07, 6.45) is 2.52. The van der Waals surface area contributed by atoms with Crippen molar-refractivity contribution in [3.8, 4) is 0 Å². The SMILES string of the molecule is CC(C)NCCCC(C)OCc1cccc(Cl)c1. The monoisotopic (exact) mass is 269 g/mol. The van der Waals surface area contributed by atoms with E-state index >= 15 is 0 Å². The maximum atomic E-state index is 5.93. The van der Waals surface area contributed by atoms with Crippen LogP contribution < -0.4 is 5.32 Å². The van der Waals surface area contributed by atoms with Crippen LogP contribution in [0.5, 0.6) is 0 Å². The summed E-state index contributed by atoms with van der Waals surface area (Å²) < 4.78 is 5.80. The van der Waals surface area contributed by atoms with Crippen molar-refractivity contribution in [3.05, 3.63) is 34.9 Å². The third-order valence-corrected chi connectivity index (χ3v) is 3.00. The first-order valence-corrected chi connectivity index (χ1v) is 7.05. The van der Waals surface area contributed by atoms with Gasteiger partial charge in [0.05, 0.1) is 12.7 Å². The molecule has 1 aromatic carbocycles. The lowest BCUT2D eigenvalue weighted by Gasteiger charge is -2.14. The van der Waals surface area contributed by atoms with Gasteiger partial charge in [0, 0.05) is 11.1 Å². The van der Waals surface area contributed by atoms with Crippen LogP contribution in [0, 0.1) is 0 Å². The maximum Gasteiger partial charge on any atom is 0.0721 e. The Labute approximate surface area is 116 Å². The first-order valence-electron chi connectivity index (χ1n) is 6.67. The molecule has 0 bridgehead atoms. The van der Waals surface area contributed by atoms with E-state index < -0.39 is 0 Å². The van der Waals surface area contributed by atoms with Crippen LogP contribution in [-0.4, -0.2) is 18.7 Å². The summed E-state index contributed by atoms with van der Waals surface area (Å²) in [5, 5.41) is 4.18. The van der Waals surface area contributed by atoms with Gasteiger partial charge in [-0.3, -0.25) is 0 Å². The second-order valence-electron chi connectivity index (χ2n) is 5.00. The molecule has 1 unspecified atom stereocenters. The highest BCUT2D eigenvalue weighted by Gasteiger charge is 2.03. The standard InChI is InChI=1S/C15H24ClNO/c1-12(2)17-9-5-6-13(3)18-11-14-7-4-8-15(16)10-14/h4,7-8,10,12-13,17H,5-6,9,11H2,1-3H3. The van der Waals surface area contributed by atoms with Crippen LogP contribution >= 0.6 is 11.6 Å². The highest BCUT2D eigenvalue weighted by molar-refractivity contribution is 6.30. The predicted octanol–water partition coefficient (Wildman–Crippen LogP) is 4.02. The Morgan fingerprint density at radius 2 is 2.06 bits per heavy atom. The molecule has 102 valence electrons.